The second-order valence-electron chi connectivity index (χ2n) is 6.05. The van der Waals surface area contributed by atoms with Crippen LogP contribution in [0.2, 0.25) is 0 Å². The fourth-order valence-electron chi connectivity index (χ4n) is 2.40. The minimum atomic E-state index is -0.543. The maximum atomic E-state index is 12.3. The van der Waals surface area contributed by atoms with Crippen LogP contribution in [0.3, 0.4) is 0 Å². The number of esters is 2. The summed E-state index contributed by atoms with van der Waals surface area (Å²) in [7, 11) is 0. The molecule has 1 aromatic heterocycles. The quantitative estimate of drug-likeness (QED) is 0.791. The minimum absolute atomic E-state index is 0.0199. The van der Waals surface area contributed by atoms with E-state index in [4.69, 9.17) is 9.47 Å². The number of hydrogen-bond donors (Lipinski definition) is 1. The lowest BCUT2D eigenvalue weighted by Crippen LogP contribution is -2.28. The van der Waals surface area contributed by atoms with Crippen LogP contribution in [0.1, 0.15) is 65.6 Å². The van der Waals surface area contributed by atoms with E-state index in [-0.39, 0.29) is 30.1 Å². The van der Waals surface area contributed by atoms with Crippen LogP contribution in [-0.2, 0) is 14.3 Å². The number of thiophene rings is 1. The molecular formula is C17H23NO5S. The first-order valence-electron chi connectivity index (χ1n) is 8.17. The van der Waals surface area contributed by atoms with Crippen LogP contribution < -0.4 is 5.32 Å². The molecule has 0 aliphatic heterocycles. The lowest BCUT2D eigenvalue weighted by atomic mass is 9.85. The van der Waals surface area contributed by atoms with E-state index in [2.05, 4.69) is 5.32 Å². The van der Waals surface area contributed by atoms with Crippen molar-refractivity contribution in [2.45, 2.75) is 53.1 Å². The Kier molecular flexibility index (Phi) is 5.99. The molecule has 0 bridgehead atoms. The maximum absolute atomic E-state index is 12.3. The van der Waals surface area contributed by atoms with Crippen molar-refractivity contribution in [3.05, 3.63) is 16.0 Å². The molecule has 0 spiro atoms. The van der Waals surface area contributed by atoms with Crippen molar-refractivity contribution in [3.8, 4) is 0 Å². The van der Waals surface area contributed by atoms with Gasteiger partial charge in [-0.2, -0.15) is 0 Å². The molecule has 1 aromatic rings. The molecule has 0 atom stereocenters. The molecule has 0 unspecified atom stereocenters. The number of nitrogens with one attached hydrogen (secondary N) is 1. The third kappa shape index (κ3) is 3.95. The normalized spacial score (nSPS) is 14.2. The average Bonchev–Trinajstić information content (AvgIpc) is 2.73. The zero-order chi connectivity index (χ0) is 17.9. The van der Waals surface area contributed by atoms with Crippen molar-refractivity contribution in [1.29, 1.82) is 0 Å². The molecule has 1 aliphatic carbocycles. The summed E-state index contributed by atoms with van der Waals surface area (Å²) in [5, 5.41) is 3.15. The number of carbonyl (C=O) groups is 3. The molecular weight excluding hydrogens is 330 g/mol. The van der Waals surface area contributed by atoms with E-state index in [0.717, 1.165) is 30.6 Å². The van der Waals surface area contributed by atoms with Crippen molar-refractivity contribution in [1.82, 2.24) is 0 Å². The molecule has 1 N–H and O–H groups in total. The molecule has 1 amide bonds. The minimum Gasteiger partial charge on any atom is -0.462 e. The van der Waals surface area contributed by atoms with Gasteiger partial charge in [0.05, 0.1) is 18.3 Å². The van der Waals surface area contributed by atoms with Gasteiger partial charge in [-0.3, -0.25) is 4.79 Å². The number of carbonyl (C=O) groups excluding carboxylic acids is 3. The second kappa shape index (κ2) is 7.79. The average molecular weight is 353 g/mol. The first kappa shape index (κ1) is 18.4. The van der Waals surface area contributed by atoms with Crippen LogP contribution in [0.5, 0.6) is 0 Å². The van der Waals surface area contributed by atoms with Gasteiger partial charge in [0.1, 0.15) is 9.88 Å². The second-order valence-corrected chi connectivity index (χ2v) is 7.07. The molecule has 7 heteroatoms. The summed E-state index contributed by atoms with van der Waals surface area (Å²) in [5.41, 5.74) is 0.721. The molecule has 1 heterocycles. The number of hydrogen-bond acceptors (Lipinski definition) is 6. The fraction of sp³-hybridized carbons (Fsp3) is 0.588. The van der Waals surface area contributed by atoms with Gasteiger partial charge < -0.3 is 14.8 Å². The van der Waals surface area contributed by atoms with Crippen LogP contribution >= 0.6 is 11.3 Å². The summed E-state index contributed by atoms with van der Waals surface area (Å²) in [5.74, 6) is -1.17. The highest BCUT2D eigenvalue weighted by Crippen LogP contribution is 2.36. The highest BCUT2D eigenvalue weighted by atomic mass is 32.1. The summed E-state index contributed by atoms with van der Waals surface area (Å²) < 4.78 is 10.3. The Bertz CT molecular complexity index is 646. The summed E-state index contributed by atoms with van der Waals surface area (Å²) in [6.45, 7) is 7.10. The molecule has 0 radical (unpaired) electrons. The standard InChI is InChI=1S/C17H23NO5S/c1-5-22-16(20)12-10(4)13(17(21)23-9(2)3)24-15(12)18-14(19)11-7-6-8-11/h9,11H,5-8H2,1-4H3,(H,18,19). The largest absolute Gasteiger partial charge is 0.462 e. The Morgan fingerprint density at radius 2 is 1.92 bits per heavy atom. The van der Waals surface area contributed by atoms with Gasteiger partial charge in [0.25, 0.3) is 0 Å². The van der Waals surface area contributed by atoms with Gasteiger partial charge in [-0.25, -0.2) is 9.59 Å². The van der Waals surface area contributed by atoms with Crippen molar-refractivity contribution >= 4 is 34.2 Å². The van der Waals surface area contributed by atoms with Crippen molar-refractivity contribution in [2.24, 2.45) is 5.92 Å². The monoisotopic (exact) mass is 353 g/mol. The van der Waals surface area contributed by atoms with Gasteiger partial charge in [-0.15, -0.1) is 11.3 Å². The Labute approximate surface area is 145 Å². The Morgan fingerprint density at radius 3 is 2.42 bits per heavy atom. The van der Waals surface area contributed by atoms with Crippen LogP contribution in [0.25, 0.3) is 0 Å². The Morgan fingerprint density at radius 1 is 1.25 bits per heavy atom. The molecule has 132 valence electrons. The SMILES string of the molecule is CCOC(=O)c1c(NC(=O)C2CCC2)sc(C(=O)OC(C)C)c1C. The lowest BCUT2D eigenvalue weighted by molar-refractivity contribution is -0.122. The van der Waals surface area contributed by atoms with Crippen molar-refractivity contribution < 1.29 is 23.9 Å². The molecule has 1 aliphatic rings. The highest BCUT2D eigenvalue weighted by molar-refractivity contribution is 7.18. The van der Waals surface area contributed by atoms with Crippen molar-refractivity contribution in [3.63, 3.8) is 0 Å². The lowest BCUT2D eigenvalue weighted by Gasteiger charge is -2.23. The van der Waals surface area contributed by atoms with E-state index in [1.807, 2.05) is 0 Å². The highest BCUT2D eigenvalue weighted by Gasteiger charge is 2.30. The smallest absolute Gasteiger partial charge is 0.348 e. The van der Waals surface area contributed by atoms with E-state index in [1.54, 1.807) is 27.7 Å². The number of rotatable bonds is 6. The van der Waals surface area contributed by atoms with Crippen LogP contribution in [0, 0.1) is 12.8 Å². The number of anilines is 1. The molecule has 0 aromatic carbocycles. The predicted octanol–water partition coefficient (Wildman–Crippen LogP) is 3.54. The molecule has 24 heavy (non-hydrogen) atoms. The van der Waals surface area contributed by atoms with Crippen LogP contribution in [-0.4, -0.2) is 30.6 Å². The van der Waals surface area contributed by atoms with Gasteiger partial charge in [0, 0.05) is 5.92 Å². The molecule has 6 nitrogen and oxygen atoms in total. The molecule has 0 saturated heterocycles. The van der Waals surface area contributed by atoms with E-state index in [9.17, 15) is 14.4 Å². The third-order valence-corrected chi connectivity index (χ3v) is 5.05. The topological polar surface area (TPSA) is 81.7 Å². The number of amides is 1. The molecule has 1 fully saturated rings. The number of ether oxygens (including phenoxy) is 2. The predicted molar refractivity (Wildman–Crippen MR) is 91.5 cm³/mol. The zero-order valence-electron chi connectivity index (χ0n) is 14.4. The zero-order valence-corrected chi connectivity index (χ0v) is 15.2. The molecule has 1 saturated carbocycles. The summed E-state index contributed by atoms with van der Waals surface area (Å²) in [4.78, 5) is 37.0. The summed E-state index contributed by atoms with van der Waals surface area (Å²) >= 11 is 1.06. The Balaban J connectivity index is 2.33. The van der Waals surface area contributed by atoms with Crippen molar-refractivity contribution in [2.75, 3.05) is 11.9 Å². The van der Waals surface area contributed by atoms with E-state index in [0.29, 0.717) is 15.4 Å². The first-order chi connectivity index (χ1) is 11.3. The van der Waals surface area contributed by atoms with E-state index in [1.165, 1.54) is 0 Å². The summed E-state index contributed by atoms with van der Waals surface area (Å²) in [6.07, 6.45) is 2.48. The van der Waals surface area contributed by atoms with Gasteiger partial charge in [-0.05, 0) is 46.1 Å². The van der Waals surface area contributed by atoms with E-state index < -0.39 is 11.9 Å². The molecule has 2 rings (SSSR count). The maximum Gasteiger partial charge on any atom is 0.348 e. The van der Waals surface area contributed by atoms with Gasteiger partial charge in [0.15, 0.2) is 0 Å². The van der Waals surface area contributed by atoms with Crippen LogP contribution in [0.15, 0.2) is 0 Å². The van der Waals surface area contributed by atoms with Gasteiger partial charge in [0.2, 0.25) is 5.91 Å². The van der Waals surface area contributed by atoms with Gasteiger partial charge >= 0.3 is 11.9 Å². The summed E-state index contributed by atoms with van der Waals surface area (Å²) in [6, 6.07) is 0. The fourth-order valence-corrected chi connectivity index (χ4v) is 3.48. The van der Waals surface area contributed by atoms with Gasteiger partial charge in [-0.1, -0.05) is 6.42 Å². The Hall–Kier alpha value is -1.89. The van der Waals surface area contributed by atoms with E-state index >= 15 is 0 Å². The first-order valence-corrected chi connectivity index (χ1v) is 8.99. The third-order valence-electron chi connectivity index (χ3n) is 3.87. The van der Waals surface area contributed by atoms with Crippen LogP contribution in [0.4, 0.5) is 5.00 Å².